The Morgan fingerprint density at radius 1 is 1.42 bits per heavy atom. The van der Waals surface area contributed by atoms with Gasteiger partial charge in [-0.2, -0.15) is 5.26 Å². The van der Waals surface area contributed by atoms with E-state index in [-0.39, 0.29) is 11.2 Å². The summed E-state index contributed by atoms with van der Waals surface area (Å²) in [5, 5.41) is 12.0. The number of benzene rings is 1. The minimum absolute atomic E-state index is 0.0970. The number of nitriles is 1. The Hall–Kier alpha value is -0.890. The number of halogens is 2. The van der Waals surface area contributed by atoms with Gasteiger partial charge in [0, 0.05) is 22.2 Å². The molecule has 0 bridgehead atoms. The van der Waals surface area contributed by atoms with Gasteiger partial charge in [0.1, 0.15) is 0 Å². The fourth-order valence-electron chi connectivity index (χ4n) is 1.36. The first kappa shape index (κ1) is 16.2. The second kappa shape index (κ2) is 8.31. The lowest BCUT2D eigenvalue weighted by Crippen LogP contribution is -2.22. The highest BCUT2D eigenvalue weighted by Crippen LogP contribution is 2.23. The second-order valence-electron chi connectivity index (χ2n) is 3.92. The predicted molar refractivity (Wildman–Crippen MR) is 81.9 cm³/mol. The zero-order valence-electron chi connectivity index (χ0n) is 10.5. The predicted octanol–water partition coefficient (Wildman–Crippen LogP) is 4.36. The number of nitrogens with one attached hydrogen (secondary N) is 1. The molecule has 1 aromatic rings. The van der Waals surface area contributed by atoms with Crippen molar-refractivity contribution in [3.8, 4) is 6.07 Å². The topological polar surface area (TPSA) is 52.9 Å². The fraction of sp³-hybridized carbons (Fsp3) is 0.385. The number of amides is 1. The second-order valence-corrected chi connectivity index (χ2v) is 6.24. The highest BCUT2D eigenvalue weighted by atomic mass is 35.5. The molecule has 6 heteroatoms. The maximum absolute atomic E-state index is 11.9. The van der Waals surface area contributed by atoms with Crippen LogP contribution in [0.3, 0.4) is 0 Å². The molecular weight excluding hydrogens is 303 g/mol. The van der Waals surface area contributed by atoms with Crippen LogP contribution in [-0.2, 0) is 4.79 Å². The van der Waals surface area contributed by atoms with Crippen LogP contribution < -0.4 is 5.32 Å². The molecule has 0 aliphatic carbocycles. The Labute approximate surface area is 127 Å². The van der Waals surface area contributed by atoms with Crippen LogP contribution in [0.25, 0.3) is 0 Å². The lowest BCUT2D eigenvalue weighted by atomic mass is 10.3. The van der Waals surface area contributed by atoms with Gasteiger partial charge in [-0.3, -0.25) is 4.79 Å². The van der Waals surface area contributed by atoms with Crippen molar-refractivity contribution in [2.45, 2.75) is 25.0 Å². The molecular formula is C13H14Cl2N2OS. The van der Waals surface area contributed by atoms with Crippen molar-refractivity contribution in [3.63, 3.8) is 0 Å². The molecule has 0 fully saturated rings. The van der Waals surface area contributed by atoms with Crippen molar-refractivity contribution in [1.82, 2.24) is 0 Å². The molecule has 1 aromatic carbocycles. The van der Waals surface area contributed by atoms with Gasteiger partial charge in [-0.1, -0.05) is 23.2 Å². The standard InChI is InChI=1S/C13H14Cl2N2OS/c1-9(19-5-3-2-4-16)13(18)17-12-7-10(14)6-11(15)8-12/h6-9H,2-3,5H2,1H3,(H,17,18). The molecule has 0 saturated heterocycles. The highest BCUT2D eigenvalue weighted by Gasteiger charge is 2.13. The van der Waals surface area contributed by atoms with E-state index in [2.05, 4.69) is 11.4 Å². The first-order chi connectivity index (χ1) is 9.02. The number of carbonyl (C=O) groups excluding carboxylic acids is 1. The number of nitrogens with zero attached hydrogens (tertiary/aromatic N) is 1. The Balaban J connectivity index is 2.47. The lowest BCUT2D eigenvalue weighted by molar-refractivity contribution is -0.115. The minimum atomic E-state index is -0.184. The normalized spacial score (nSPS) is 11.7. The first-order valence-electron chi connectivity index (χ1n) is 5.78. The van der Waals surface area contributed by atoms with E-state index in [1.54, 1.807) is 18.2 Å². The van der Waals surface area contributed by atoms with Crippen LogP contribution in [0.4, 0.5) is 5.69 Å². The summed E-state index contributed by atoms with van der Waals surface area (Å²) in [5.74, 6) is 0.693. The van der Waals surface area contributed by atoms with Crippen molar-refractivity contribution in [3.05, 3.63) is 28.2 Å². The summed E-state index contributed by atoms with van der Waals surface area (Å²) in [6, 6.07) is 6.99. The molecule has 3 nitrogen and oxygen atoms in total. The summed E-state index contributed by atoms with van der Waals surface area (Å²) in [5.41, 5.74) is 0.590. The van der Waals surface area contributed by atoms with Crippen LogP contribution in [0.15, 0.2) is 18.2 Å². The molecule has 1 unspecified atom stereocenters. The molecule has 19 heavy (non-hydrogen) atoms. The van der Waals surface area contributed by atoms with E-state index >= 15 is 0 Å². The van der Waals surface area contributed by atoms with E-state index in [1.807, 2.05) is 6.92 Å². The van der Waals surface area contributed by atoms with E-state index in [1.165, 1.54) is 11.8 Å². The number of rotatable bonds is 6. The Morgan fingerprint density at radius 3 is 2.63 bits per heavy atom. The number of unbranched alkanes of at least 4 members (excludes halogenated alkanes) is 1. The van der Waals surface area contributed by atoms with Crippen molar-refractivity contribution in [1.29, 1.82) is 5.26 Å². The minimum Gasteiger partial charge on any atom is -0.325 e. The van der Waals surface area contributed by atoms with E-state index in [0.29, 0.717) is 22.2 Å². The van der Waals surface area contributed by atoms with Gasteiger partial charge in [-0.05, 0) is 37.3 Å². The number of anilines is 1. The number of hydrogen-bond donors (Lipinski definition) is 1. The molecule has 0 spiro atoms. The van der Waals surface area contributed by atoms with E-state index in [9.17, 15) is 4.79 Å². The van der Waals surface area contributed by atoms with Gasteiger partial charge in [-0.25, -0.2) is 0 Å². The van der Waals surface area contributed by atoms with Crippen LogP contribution in [-0.4, -0.2) is 16.9 Å². The molecule has 1 rings (SSSR count). The van der Waals surface area contributed by atoms with Crippen molar-refractivity contribution < 1.29 is 4.79 Å². The quantitative estimate of drug-likeness (QED) is 0.793. The lowest BCUT2D eigenvalue weighted by Gasteiger charge is -2.12. The van der Waals surface area contributed by atoms with Gasteiger partial charge in [0.05, 0.1) is 11.3 Å². The molecule has 0 aliphatic rings. The van der Waals surface area contributed by atoms with Crippen LogP contribution in [0.2, 0.25) is 10.0 Å². The van der Waals surface area contributed by atoms with Crippen LogP contribution >= 0.6 is 35.0 Å². The largest absolute Gasteiger partial charge is 0.325 e. The van der Waals surface area contributed by atoms with Gasteiger partial charge in [-0.15, -0.1) is 11.8 Å². The Kier molecular flexibility index (Phi) is 7.07. The molecule has 0 heterocycles. The van der Waals surface area contributed by atoms with Crippen molar-refractivity contribution in [2.75, 3.05) is 11.1 Å². The third kappa shape index (κ3) is 6.20. The number of carbonyl (C=O) groups is 1. The van der Waals surface area contributed by atoms with Gasteiger partial charge in [0.2, 0.25) is 5.91 Å². The van der Waals surface area contributed by atoms with Gasteiger partial charge < -0.3 is 5.32 Å². The zero-order valence-corrected chi connectivity index (χ0v) is 12.8. The van der Waals surface area contributed by atoms with Gasteiger partial charge >= 0.3 is 0 Å². The molecule has 0 aromatic heterocycles. The van der Waals surface area contributed by atoms with E-state index < -0.39 is 0 Å². The van der Waals surface area contributed by atoms with E-state index in [4.69, 9.17) is 28.5 Å². The summed E-state index contributed by atoms with van der Waals surface area (Å²) >= 11 is 13.2. The average Bonchev–Trinajstić information content (AvgIpc) is 2.33. The number of hydrogen-bond acceptors (Lipinski definition) is 3. The zero-order chi connectivity index (χ0) is 14.3. The summed E-state index contributed by atoms with van der Waals surface area (Å²) in [7, 11) is 0. The maximum atomic E-state index is 11.9. The summed E-state index contributed by atoms with van der Waals surface area (Å²) in [4.78, 5) is 11.9. The molecule has 102 valence electrons. The molecule has 0 aliphatic heterocycles. The van der Waals surface area contributed by atoms with Crippen molar-refractivity contribution in [2.24, 2.45) is 0 Å². The summed E-state index contributed by atoms with van der Waals surface area (Å²) in [6.45, 7) is 1.83. The van der Waals surface area contributed by atoms with Gasteiger partial charge in [0.15, 0.2) is 0 Å². The maximum Gasteiger partial charge on any atom is 0.237 e. The molecule has 0 saturated carbocycles. The average molecular weight is 317 g/mol. The van der Waals surface area contributed by atoms with Crippen LogP contribution in [0.5, 0.6) is 0 Å². The van der Waals surface area contributed by atoms with E-state index in [0.717, 1.165) is 12.2 Å². The first-order valence-corrected chi connectivity index (χ1v) is 7.59. The SMILES string of the molecule is CC(SCCCC#N)C(=O)Nc1cc(Cl)cc(Cl)c1. The molecule has 1 atom stereocenters. The van der Waals surface area contributed by atoms with Crippen molar-refractivity contribution >= 4 is 46.6 Å². The summed E-state index contributed by atoms with van der Waals surface area (Å²) in [6.07, 6.45) is 1.31. The fourth-order valence-corrected chi connectivity index (χ4v) is 2.76. The third-order valence-electron chi connectivity index (χ3n) is 2.30. The summed E-state index contributed by atoms with van der Waals surface area (Å²) < 4.78 is 0. The number of thioether (sulfide) groups is 1. The Morgan fingerprint density at radius 2 is 2.05 bits per heavy atom. The van der Waals surface area contributed by atoms with Crippen LogP contribution in [0, 0.1) is 11.3 Å². The van der Waals surface area contributed by atoms with Gasteiger partial charge in [0.25, 0.3) is 0 Å². The Bertz CT molecular complexity index is 468. The molecule has 0 radical (unpaired) electrons. The monoisotopic (exact) mass is 316 g/mol. The van der Waals surface area contributed by atoms with Crippen LogP contribution in [0.1, 0.15) is 19.8 Å². The molecule has 1 amide bonds. The highest BCUT2D eigenvalue weighted by molar-refractivity contribution is 8.00. The smallest absolute Gasteiger partial charge is 0.237 e. The molecule has 1 N–H and O–H groups in total. The third-order valence-corrected chi connectivity index (χ3v) is 3.97.